The molecule has 3 saturated carbocycles. The minimum Gasteiger partial charge on any atom is -0.396 e. The summed E-state index contributed by atoms with van der Waals surface area (Å²) in [6, 6.07) is 1.50. The van der Waals surface area contributed by atoms with E-state index in [1.165, 1.54) is 0 Å². The third kappa shape index (κ3) is 4.98. The molecule has 3 heterocycles. The van der Waals surface area contributed by atoms with Crippen molar-refractivity contribution >= 4 is 33.3 Å². The molecule has 0 bridgehead atoms. The summed E-state index contributed by atoms with van der Waals surface area (Å²) in [5.41, 5.74) is 2.82. The number of aryl methyl sites for hydroxylation is 1. The molecule has 0 radical (unpaired) electrons. The van der Waals surface area contributed by atoms with Crippen molar-refractivity contribution in [1.82, 2.24) is 19.9 Å². The van der Waals surface area contributed by atoms with Gasteiger partial charge in [0, 0.05) is 31.2 Å². The third-order valence-electron chi connectivity index (χ3n) is 8.37. The van der Waals surface area contributed by atoms with Crippen molar-refractivity contribution in [3.05, 3.63) is 23.7 Å². The standard InChI is InChI=1S/C27H36N6O4S/c1-14-19(25-32-21-18(38-25)6-10-28-20(21)15-4-5-15)24(31-17-12-16(13-34)22(35)23(17)36)33-26(30-14)29-11-9-27(37)7-2-3-8-27/h6,10,15-17,22-23,34-37H,2-5,7-9,11-13H2,1H3,(H2,29,30,31,33)/t16-,17-,22-,23+/m1/s1. The number of fused-ring (bicyclic) bond motifs is 1. The van der Waals surface area contributed by atoms with Crippen LogP contribution in [0.1, 0.15) is 68.7 Å². The fraction of sp³-hybridized carbons (Fsp3) is 0.630. The predicted molar refractivity (Wildman–Crippen MR) is 146 cm³/mol. The Morgan fingerprint density at radius 3 is 2.61 bits per heavy atom. The Bertz CT molecular complexity index is 1310. The molecule has 204 valence electrons. The van der Waals surface area contributed by atoms with Crippen LogP contribution in [0.2, 0.25) is 0 Å². The number of hydrogen-bond donors (Lipinski definition) is 6. The van der Waals surface area contributed by atoms with Gasteiger partial charge in [0.25, 0.3) is 0 Å². The summed E-state index contributed by atoms with van der Waals surface area (Å²) < 4.78 is 1.06. The molecule has 11 heteroatoms. The predicted octanol–water partition coefficient (Wildman–Crippen LogP) is 2.96. The minimum atomic E-state index is -1.04. The van der Waals surface area contributed by atoms with Gasteiger partial charge in [-0.1, -0.05) is 12.8 Å². The van der Waals surface area contributed by atoms with E-state index in [0.717, 1.165) is 70.7 Å². The third-order valence-corrected chi connectivity index (χ3v) is 9.41. The number of anilines is 2. The summed E-state index contributed by atoms with van der Waals surface area (Å²) in [6.07, 6.45) is 6.86. The number of thiazole rings is 1. The molecule has 0 unspecified atom stereocenters. The van der Waals surface area contributed by atoms with Crippen molar-refractivity contribution in [2.45, 2.75) is 88.1 Å². The molecule has 3 fully saturated rings. The van der Waals surface area contributed by atoms with E-state index in [1.807, 2.05) is 19.2 Å². The van der Waals surface area contributed by atoms with Crippen molar-refractivity contribution < 1.29 is 20.4 Å². The van der Waals surface area contributed by atoms with Gasteiger partial charge in [-0.25, -0.2) is 9.97 Å². The molecule has 0 aliphatic heterocycles. The number of aliphatic hydroxyl groups is 4. The van der Waals surface area contributed by atoms with Crippen LogP contribution in [0.3, 0.4) is 0 Å². The summed E-state index contributed by atoms with van der Waals surface area (Å²) in [5.74, 6) is 1.02. The highest BCUT2D eigenvalue weighted by Crippen LogP contribution is 2.44. The topological polar surface area (TPSA) is 157 Å². The average Bonchev–Trinajstić information content (AvgIpc) is 3.41. The quantitative estimate of drug-likeness (QED) is 0.238. The second-order valence-electron chi connectivity index (χ2n) is 11.2. The second kappa shape index (κ2) is 10.3. The molecule has 6 rings (SSSR count). The first-order chi connectivity index (χ1) is 18.3. The zero-order valence-electron chi connectivity index (χ0n) is 21.6. The monoisotopic (exact) mass is 540 g/mol. The zero-order valence-corrected chi connectivity index (χ0v) is 22.4. The van der Waals surface area contributed by atoms with Crippen LogP contribution in [0, 0.1) is 12.8 Å². The van der Waals surface area contributed by atoms with Gasteiger partial charge in [-0.3, -0.25) is 4.98 Å². The Kier molecular flexibility index (Phi) is 6.98. The SMILES string of the molecule is Cc1nc(NCCC2(O)CCCC2)nc(N[C@@H]2C[C@H](CO)[C@@H](O)[C@H]2O)c1-c1nc2c(C3CC3)nccc2s1. The van der Waals surface area contributed by atoms with Crippen LogP contribution in [-0.4, -0.2) is 77.4 Å². The minimum absolute atomic E-state index is 0.198. The molecule has 6 N–H and O–H groups in total. The molecule has 3 aromatic rings. The van der Waals surface area contributed by atoms with Gasteiger partial charge in [-0.05, 0) is 51.5 Å². The number of rotatable bonds is 9. The summed E-state index contributed by atoms with van der Waals surface area (Å²) >= 11 is 1.57. The van der Waals surface area contributed by atoms with Gasteiger partial charge in [0.15, 0.2) is 0 Å². The first-order valence-corrected chi connectivity index (χ1v) is 14.5. The van der Waals surface area contributed by atoms with Crippen molar-refractivity contribution in [3.63, 3.8) is 0 Å². The van der Waals surface area contributed by atoms with E-state index in [4.69, 9.17) is 15.0 Å². The number of nitrogens with zero attached hydrogens (tertiary/aromatic N) is 4. The molecule has 38 heavy (non-hydrogen) atoms. The normalized spacial score (nSPS) is 26.8. The number of nitrogens with one attached hydrogen (secondary N) is 2. The van der Waals surface area contributed by atoms with E-state index in [-0.39, 0.29) is 6.61 Å². The van der Waals surface area contributed by atoms with Gasteiger partial charge in [0.1, 0.15) is 22.4 Å². The largest absolute Gasteiger partial charge is 0.396 e. The lowest BCUT2D eigenvalue weighted by Crippen LogP contribution is -2.35. The summed E-state index contributed by atoms with van der Waals surface area (Å²) in [7, 11) is 0. The highest BCUT2D eigenvalue weighted by molar-refractivity contribution is 7.21. The maximum atomic E-state index is 10.7. The smallest absolute Gasteiger partial charge is 0.224 e. The van der Waals surface area contributed by atoms with E-state index < -0.39 is 29.8 Å². The Balaban J connectivity index is 1.33. The second-order valence-corrected chi connectivity index (χ2v) is 12.2. The Morgan fingerprint density at radius 2 is 1.89 bits per heavy atom. The molecule has 3 aliphatic carbocycles. The van der Waals surface area contributed by atoms with Gasteiger partial charge < -0.3 is 31.1 Å². The summed E-state index contributed by atoms with van der Waals surface area (Å²) in [4.78, 5) is 19.1. The van der Waals surface area contributed by atoms with Crippen LogP contribution in [-0.2, 0) is 0 Å². The first kappa shape index (κ1) is 25.8. The number of aliphatic hydroxyl groups excluding tert-OH is 3. The molecule has 0 spiro atoms. The van der Waals surface area contributed by atoms with Crippen LogP contribution in [0.5, 0.6) is 0 Å². The van der Waals surface area contributed by atoms with Crippen molar-refractivity contribution in [3.8, 4) is 10.6 Å². The Labute approximate surface area is 225 Å². The molecular weight excluding hydrogens is 504 g/mol. The van der Waals surface area contributed by atoms with Gasteiger partial charge >= 0.3 is 0 Å². The van der Waals surface area contributed by atoms with Gasteiger partial charge in [0.2, 0.25) is 5.95 Å². The zero-order chi connectivity index (χ0) is 26.4. The molecule has 0 aromatic carbocycles. The summed E-state index contributed by atoms with van der Waals surface area (Å²) in [6.45, 7) is 2.26. The lowest BCUT2D eigenvalue weighted by molar-refractivity contribution is 0.00446. The lowest BCUT2D eigenvalue weighted by Gasteiger charge is -2.23. The maximum Gasteiger partial charge on any atom is 0.224 e. The lowest BCUT2D eigenvalue weighted by atomic mass is 9.98. The van der Waals surface area contributed by atoms with Crippen molar-refractivity contribution in [2.75, 3.05) is 23.8 Å². The van der Waals surface area contributed by atoms with Crippen LogP contribution >= 0.6 is 11.3 Å². The summed E-state index contributed by atoms with van der Waals surface area (Å²) in [5, 5.41) is 48.9. The highest BCUT2D eigenvalue weighted by Gasteiger charge is 2.42. The Morgan fingerprint density at radius 1 is 1.11 bits per heavy atom. The maximum absolute atomic E-state index is 10.7. The molecule has 3 aliphatic rings. The van der Waals surface area contributed by atoms with Crippen LogP contribution < -0.4 is 10.6 Å². The number of pyridine rings is 1. The molecule has 3 aromatic heterocycles. The van der Waals surface area contributed by atoms with Crippen LogP contribution in [0.25, 0.3) is 20.8 Å². The van der Waals surface area contributed by atoms with E-state index >= 15 is 0 Å². The van der Waals surface area contributed by atoms with Crippen molar-refractivity contribution in [2.24, 2.45) is 5.92 Å². The molecule has 10 nitrogen and oxygen atoms in total. The van der Waals surface area contributed by atoms with E-state index in [0.29, 0.717) is 37.1 Å². The fourth-order valence-corrected chi connectivity index (χ4v) is 7.03. The van der Waals surface area contributed by atoms with Gasteiger partial charge in [-0.15, -0.1) is 11.3 Å². The molecule has 0 saturated heterocycles. The van der Waals surface area contributed by atoms with E-state index in [2.05, 4.69) is 15.6 Å². The van der Waals surface area contributed by atoms with E-state index in [9.17, 15) is 20.4 Å². The first-order valence-electron chi connectivity index (χ1n) is 13.7. The molecule has 0 amide bonds. The van der Waals surface area contributed by atoms with Crippen LogP contribution in [0.15, 0.2) is 12.3 Å². The number of aromatic nitrogens is 4. The molecular formula is C27H36N6O4S. The molecule has 4 atom stereocenters. The van der Waals surface area contributed by atoms with Gasteiger partial charge in [-0.2, -0.15) is 4.98 Å². The van der Waals surface area contributed by atoms with Crippen molar-refractivity contribution in [1.29, 1.82) is 0 Å². The van der Waals surface area contributed by atoms with E-state index in [1.54, 1.807) is 11.3 Å². The van der Waals surface area contributed by atoms with Gasteiger partial charge in [0.05, 0.1) is 39.4 Å². The van der Waals surface area contributed by atoms with Crippen LogP contribution in [0.4, 0.5) is 11.8 Å². The average molecular weight is 541 g/mol. The Hall–Kier alpha value is -2.44. The fourth-order valence-electron chi connectivity index (χ4n) is 5.96. The number of hydrogen-bond acceptors (Lipinski definition) is 11. The highest BCUT2D eigenvalue weighted by atomic mass is 32.1.